The number of pyridine rings is 1. The van der Waals surface area contributed by atoms with Gasteiger partial charge in [0.1, 0.15) is 0 Å². The topological polar surface area (TPSA) is 71.1 Å². The van der Waals surface area contributed by atoms with Crippen LogP contribution >= 0.6 is 0 Å². The second-order valence-electron chi connectivity index (χ2n) is 7.89. The number of nitrogens with one attached hydrogen (secondary N) is 1. The number of piperidine rings is 1. The quantitative estimate of drug-likeness (QED) is 0.899. The second kappa shape index (κ2) is 7.80. The van der Waals surface area contributed by atoms with Gasteiger partial charge in [0.2, 0.25) is 0 Å². The third kappa shape index (κ3) is 3.90. The Hall–Kier alpha value is -2.21. The molecule has 27 heavy (non-hydrogen) atoms. The number of aromatic nitrogens is 3. The molecule has 2 aromatic heterocycles. The van der Waals surface area contributed by atoms with E-state index in [1.165, 1.54) is 5.56 Å². The number of hydrogen-bond acceptors (Lipinski definition) is 4. The lowest BCUT2D eigenvalue weighted by atomic mass is 9.90. The van der Waals surface area contributed by atoms with Gasteiger partial charge in [-0.2, -0.15) is 5.10 Å². The third-order valence-electron chi connectivity index (χ3n) is 5.90. The molecule has 2 atom stereocenters. The molecule has 144 valence electrons. The first-order valence-electron chi connectivity index (χ1n) is 10.0. The second-order valence-corrected chi connectivity index (χ2v) is 7.89. The minimum atomic E-state index is -0.0315. The molecule has 0 unspecified atom stereocenters. The molecule has 0 aromatic carbocycles. The molecule has 1 N–H and O–H groups in total. The standard InChI is InChI=1S/C21H28N4O2/c1-14-12-18-19(15(2)27-14)23-24-20(18)21(26)25-10-7-16(8-11-25)5-6-17-4-3-9-22-13-17/h3-4,9,13-16H,5-8,10-12H2,1-2H3,(H,23,24)/t14-,15+/m1/s1. The van der Waals surface area contributed by atoms with Crippen molar-refractivity contribution in [3.05, 3.63) is 47.0 Å². The van der Waals surface area contributed by atoms with Gasteiger partial charge in [-0.1, -0.05) is 6.07 Å². The van der Waals surface area contributed by atoms with E-state index in [1.807, 2.05) is 30.3 Å². The van der Waals surface area contributed by atoms with Crippen molar-refractivity contribution in [2.75, 3.05) is 13.1 Å². The number of carbonyl (C=O) groups is 1. The lowest BCUT2D eigenvalue weighted by Crippen LogP contribution is -2.39. The van der Waals surface area contributed by atoms with Gasteiger partial charge >= 0.3 is 0 Å². The zero-order valence-corrected chi connectivity index (χ0v) is 16.1. The van der Waals surface area contributed by atoms with Gasteiger partial charge in [-0.05, 0) is 57.1 Å². The highest BCUT2D eigenvalue weighted by atomic mass is 16.5. The van der Waals surface area contributed by atoms with E-state index >= 15 is 0 Å². The van der Waals surface area contributed by atoms with Gasteiger partial charge < -0.3 is 9.64 Å². The van der Waals surface area contributed by atoms with Crippen LogP contribution in [0.3, 0.4) is 0 Å². The fourth-order valence-corrected chi connectivity index (χ4v) is 4.34. The summed E-state index contributed by atoms with van der Waals surface area (Å²) in [6.07, 6.45) is 8.96. The highest BCUT2D eigenvalue weighted by molar-refractivity contribution is 5.94. The van der Waals surface area contributed by atoms with E-state index in [4.69, 9.17) is 4.74 Å². The van der Waals surface area contributed by atoms with Crippen molar-refractivity contribution >= 4 is 5.91 Å². The first kappa shape index (κ1) is 18.2. The zero-order chi connectivity index (χ0) is 18.8. The fourth-order valence-electron chi connectivity index (χ4n) is 4.34. The van der Waals surface area contributed by atoms with Gasteiger partial charge in [0.15, 0.2) is 5.69 Å². The molecule has 6 heteroatoms. The van der Waals surface area contributed by atoms with Crippen LogP contribution in [-0.4, -0.2) is 45.2 Å². The number of fused-ring (bicyclic) bond motifs is 1. The maximum Gasteiger partial charge on any atom is 0.274 e. The van der Waals surface area contributed by atoms with Crippen LogP contribution in [-0.2, 0) is 17.6 Å². The Morgan fingerprint density at radius 2 is 2.15 bits per heavy atom. The molecule has 0 spiro atoms. The van der Waals surface area contributed by atoms with E-state index in [0.29, 0.717) is 11.6 Å². The van der Waals surface area contributed by atoms with Gasteiger partial charge in [-0.3, -0.25) is 14.9 Å². The molecule has 6 nitrogen and oxygen atoms in total. The largest absolute Gasteiger partial charge is 0.369 e. The van der Waals surface area contributed by atoms with Crippen molar-refractivity contribution in [3.8, 4) is 0 Å². The summed E-state index contributed by atoms with van der Waals surface area (Å²) in [7, 11) is 0. The van der Waals surface area contributed by atoms with Crippen LogP contribution in [0.1, 0.15) is 66.5 Å². The van der Waals surface area contributed by atoms with Crippen molar-refractivity contribution in [1.82, 2.24) is 20.1 Å². The third-order valence-corrected chi connectivity index (χ3v) is 5.90. The summed E-state index contributed by atoms with van der Waals surface area (Å²) >= 11 is 0. The minimum absolute atomic E-state index is 0.0315. The molecular formula is C21H28N4O2. The molecule has 0 saturated carbocycles. The van der Waals surface area contributed by atoms with Crippen molar-refractivity contribution in [1.29, 1.82) is 0 Å². The van der Waals surface area contributed by atoms with Crippen molar-refractivity contribution in [3.63, 3.8) is 0 Å². The van der Waals surface area contributed by atoms with Crippen LogP contribution in [0.25, 0.3) is 0 Å². The van der Waals surface area contributed by atoms with E-state index in [2.05, 4.69) is 28.2 Å². The monoisotopic (exact) mass is 368 g/mol. The van der Waals surface area contributed by atoms with E-state index in [1.54, 1.807) is 0 Å². The van der Waals surface area contributed by atoms with Crippen molar-refractivity contribution < 1.29 is 9.53 Å². The first-order chi connectivity index (χ1) is 13.1. The van der Waals surface area contributed by atoms with Gasteiger partial charge in [0, 0.05) is 37.5 Å². The average molecular weight is 368 g/mol. The first-order valence-corrected chi connectivity index (χ1v) is 10.0. The Kier molecular flexibility index (Phi) is 5.25. The maximum atomic E-state index is 13.0. The number of ether oxygens (including phenoxy) is 1. The number of amides is 1. The molecule has 0 aliphatic carbocycles. The molecule has 1 amide bonds. The Balaban J connectivity index is 1.34. The molecule has 0 radical (unpaired) electrons. The van der Waals surface area contributed by atoms with Crippen molar-refractivity contribution in [2.45, 2.75) is 58.2 Å². The molecule has 2 aliphatic heterocycles. The zero-order valence-electron chi connectivity index (χ0n) is 16.1. The van der Waals surface area contributed by atoms with Crippen LogP contribution in [0.15, 0.2) is 24.5 Å². The molecular weight excluding hydrogens is 340 g/mol. The Morgan fingerprint density at radius 3 is 2.89 bits per heavy atom. The summed E-state index contributed by atoms with van der Waals surface area (Å²) in [5.74, 6) is 0.746. The van der Waals surface area contributed by atoms with Gasteiger partial charge in [-0.15, -0.1) is 0 Å². The summed E-state index contributed by atoms with van der Waals surface area (Å²) in [5.41, 5.74) is 3.90. The van der Waals surface area contributed by atoms with Crippen LogP contribution in [0, 0.1) is 5.92 Å². The summed E-state index contributed by atoms with van der Waals surface area (Å²) in [6.45, 7) is 5.70. The summed E-state index contributed by atoms with van der Waals surface area (Å²) in [4.78, 5) is 19.2. The normalized spacial score (nSPS) is 23.3. The lowest BCUT2D eigenvalue weighted by molar-refractivity contribution is -0.00703. The van der Waals surface area contributed by atoms with Crippen LogP contribution in [0.5, 0.6) is 0 Å². The number of carbonyl (C=O) groups excluding carboxylic acids is 1. The smallest absolute Gasteiger partial charge is 0.274 e. The molecule has 4 rings (SSSR count). The van der Waals surface area contributed by atoms with Crippen LogP contribution in [0.4, 0.5) is 0 Å². The Bertz CT molecular complexity index is 781. The van der Waals surface area contributed by atoms with Gasteiger partial charge in [0.05, 0.1) is 17.9 Å². The lowest BCUT2D eigenvalue weighted by Gasteiger charge is -2.32. The average Bonchev–Trinajstić information content (AvgIpc) is 3.11. The Morgan fingerprint density at radius 1 is 1.33 bits per heavy atom. The van der Waals surface area contributed by atoms with E-state index in [-0.39, 0.29) is 18.1 Å². The highest BCUT2D eigenvalue weighted by Gasteiger charge is 2.32. The van der Waals surface area contributed by atoms with Crippen LogP contribution in [0.2, 0.25) is 0 Å². The Labute approximate surface area is 160 Å². The van der Waals surface area contributed by atoms with Crippen molar-refractivity contribution in [2.24, 2.45) is 5.92 Å². The summed E-state index contributed by atoms with van der Waals surface area (Å²) in [5, 5.41) is 7.39. The van der Waals surface area contributed by atoms with Gasteiger partial charge in [0.25, 0.3) is 5.91 Å². The number of rotatable bonds is 4. The van der Waals surface area contributed by atoms with E-state index in [9.17, 15) is 4.79 Å². The van der Waals surface area contributed by atoms with Gasteiger partial charge in [-0.25, -0.2) is 0 Å². The highest BCUT2D eigenvalue weighted by Crippen LogP contribution is 2.31. The molecule has 1 saturated heterocycles. The number of H-pyrrole nitrogens is 1. The molecule has 1 fully saturated rings. The number of likely N-dealkylation sites (tertiary alicyclic amines) is 1. The molecule has 2 aromatic rings. The fraction of sp³-hybridized carbons (Fsp3) is 0.571. The molecule has 2 aliphatic rings. The predicted octanol–water partition coefficient (Wildman–Crippen LogP) is 3.31. The van der Waals surface area contributed by atoms with E-state index in [0.717, 1.165) is 56.5 Å². The van der Waals surface area contributed by atoms with E-state index < -0.39 is 0 Å². The van der Waals surface area contributed by atoms with Crippen LogP contribution < -0.4 is 0 Å². The number of nitrogens with zero attached hydrogens (tertiary/aromatic N) is 3. The maximum absolute atomic E-state index is 13.0. The number of hydrogen-bond donors (Lipinski definition) is 1. The summed E-state index contributed by atoms with van der Waals surface area (Å²) in [6, 6.07) is 4.13. The SMILES string of the molecule is C[C@@H]1Cc2c(C(=O)N3CCC(CCc4cccnc4)CC3)n[nH]c2[C@H](C)O1. The number of aromatic amines is 1. The minimum Gasteiger partial charge on any atom is -0.369 e. The predicted molar refractivity (Wildman–Crippen MR) is 102 cm³/mol. The number of aryl methyl sites for hydroxylation is 1. The molecule has 0 bridgehead atoms. The summed E-state index contributed by atoms with van der Waals surface area (Å²) < 4.78 is 5.83. The molecule has 4 heterocycles.